The molecule has 0 aliphatic heterocycles. The molecule has 35 heavy (non-hydrogen) atoms. The number of carbonyl (C=O) groups is 3. The summed E-state index contributed by atoms with van der Waals surface area (Å²) in [6.07, 6.45) is 1.42. The first kappa shape index (κ1) is 25.6. The maximum absolute atomic E-state index is 14.9. The topological polar surface area (TPSA) is 135 Å². The molecule has 0 spiro atoms. The van der Waals surface area contributed by atoms with Crippen molar-refractivity contribution < 1.29 is 28.2 Å². The van der Waals surface area contributed by atoms with Gasteiger partial charge in [-0.05, 0) is 51.5 Å². The zero-order valence-electron chi connectivity index (χ0n) is 20.4. The van der Waals surface area contributed by atoms with Gasteiger partial charge in [-0.3, -0.25) is 19.5 Å². The zero-order chi connectivity index (χ0) is 25.9. The van der Waals surface area contributed by atoms with Crippen LogP contribution in [0.5, 0.6) is 5.88 Å². The van der Waals surface area contributed by atoms with E-state index in [-0.39, 0.29) is 28.9 Å². The number of methoxy groups -OCH3 is 1. The second-order valence-electron chi connectivity index (χ2n) is 8.98. The van der Waals surface area contributed by atoms with E-state index in [0.717, 1.165) is 0 Å². The molecule has 2 amide bonds. The number of aromatic nitrogens is 3. The number of nitrogens with one attached hydrogen (secondary N) is 3. The highest BCUT2D eigenvalue weighted by molar-refractivity contribution is 6.05. The molecule has 10 nitrogen and oxygen atoms in total. The molecule has 1 atom stereocenters. The maximum Gasteiger partial charge on any atom is 0.308 e. The van der Waals surface area contributed by atoms with Crippen molar-refractivity contribution in [3.63, 3.8) is 0 Å². The second kappa shape index (κ2) is 10.1. The number of amides is 2. The van der Waals surface area contributed by atoms with Crippen LogP contribution in [0.25, 0.3) is 22.0 Å². The standard InChI is InChI=1S/C24H28FN5O5/c1-12(7-18(31)35-24(2,3)4)28-21(32)15-8-14(11-27-23(15)34-6)13-9-16(25)19-17(10-13)29-30-20(19)22(33)26-5/h8-12H,7H2,1-6H3,(H,26,33)(H,28,32)(H,29,30)/t12-/m0/s1. The first-order valence-electron chi connectivity index (χ1n) is 10.9. The van der Waals surface area contributed by atoms with E-state index in [1.807, 2.05) is 0 Å². The molecular formula is C24H28FN5O5. The molecule has 1 aromatic carbocycles. The van der Waals surface area contributed by atoms with Crippen molar-refractivity contribution in [1.29, 1.82) is 0 Å². The molecule has 0 bridgehead atoms. The highest BCUT2D eigenvalue weighted by Gasteiger charge is 2.23. The first-order chi connectivity index (χ1) is 16.4. The average Bonchev–Trinajstić information content (AvgIpc) is 3.21. The third kappa shape index (κ3) is 5.92. The summed E-state index contributed by atoms with van der Waals surface area (Å²) in [7, 11) is 2.80. The van der Waals surface area contributed by atoms with Gasteiger partial charge in [0.1, 0.15) is 17.0 Å². The number of pyridine rings is 1. The van der Waals surface area contributed by atoms with Gasteiger partial charge in [-0.1, -0.05) is 0 Å². The summed E-state index contributed by atoms with van der Waals surface area (Å²) in [5, 5.41) is 11.8. The van der Waals surface area contributed by atoms with Crippen molar-refractivity contribution in [2.24, 2.45) is 0 Å². The summed E-state index contributed by atoms with van der Waals surface area (Å²) in [6.45, 7) is 6.97. The minimum atomic E-state index is -0.655. The predicted octanol–water partition coefficient (Wildman–Crippen LogP) is 2.98. The molecule has 3 aromatic rings. The SMILES string of the molecule is CNC(=O)c1n[nH]c2cc(-c3cnc(OC)c(C(=O)N[C@@H](C)CC(=O)OC(C)(C)C)c3)cc(F)c12. The van der Waals surface area contributed by atoms with Gasteiger partial charge in [-0.2, -0.15) is 5.10 Å². The molecule has 0 aliphatic rings. The Kier molecular flexibility index (Phi) is 7.37. The minimum Gasteiger partial charge on any atom is -0.480 e. The Bertz CT molecular complexity index is 1280. The molecule has 0 fully saturated rings. The Labute approximate surface area is 201 Å². The van der Waals surface area contributed by atoms with Crippen molar-refractivity contribution in [2.45, 2.75) is 45.8 Å². The fourth-order valence-corrected chi connectivity index (χ4v) is 3.48. The first-order valence-corrected chi connectivity index (χ1v) is 10.9. The van der Waals surface area contributed by atoms with Gasteiger partial charge in [-0.25, -0.2) is 9.37 Å². The Hall–Kier alpha value is -4.02. The normalized spacial score (nSPS) is 12.2. The monoisotopic (exact) mass is 485 g/mol. The van der Waals surface area contributed by atoms with Gasteiger partial charge in [0.15, 0.2) is 5.69 Å². The summed E-state index contributed by atoms with van der Waals surface area (Å²) in [5.74, 6) is -2.06. The Morgan fingerprint density at radius 2 is 1.86 bits per heavy atom. The molecule has 2 aromatic heterocycles. The van der Waals surface area contributed by atoms with Crippen LogP contribution in [0.3, 0.4) is 0 Å². The van der Waals surface area contributed by atoms with E-state index in [1.165, 1.54) is 32.5 Å². The number of benzene rings is 1. The van der Waals surface area contributed by atoms with E-state index in [0.29, 0.717) is 16.6 Å². The van der Waals surface area contributed by atoms with Crippen molar-refractivity contribution >= 4 is 28.7 Å². The molecule has 0 saturated heterocycles. The Balaban J connectivity index is 1.88. The number of ether oxygens (including phenoxy) is 2. The fraction of sp³-hybridized carbons (Fsp3) is 0.375. The summed E-state index contributed by atoms with van der Waals surface area (Å²) in [4.78, 5) is 41.2. The van der Waals surface area contributed by atoms with Crippen molar-refractivity contribution in [3.05, 3.63) is 41.5 Å². The number of H-pyrrole nitrogens is 1. The van der Waals surface area contributed by atoms with Gasteiger partial charge in [-0.15, -0.1) is 0 Å². The van der Waals surface area contributed by atoms with Crippen LogP contribution in [0, 0.1) is 5.82 Å². The van der Waals surface area contributed by atoms with Crippen molar-refractivity contribution in [3.8, 4) is 17.0 Å². The number of hydrogen-bond donors (Lipinski definition) is 3. The van der Waals surface area contributed by atoms with Crippen LogP contribution in [-0.2, 0) is 9.53 Å². The van der Waals surface area contributed by atoms with Gasteiger partial charge < -0.3 is 20.1 Å². The van der Waals surface area contributed by atoms with Gasteiger partial charge in [0.05, 0.1) is 24.4 Å². The summed E-state index contributed by atoms with van der Waals surface area (Å²) >= 11 is 0. The Morgan fingerprint density at radius 1 is 1.14 bits per heavy atom. The molecule has 3 N–H and O–H groups in total. The highest BCUT2D eigenvalue weighted by atomic mass is 19.1. The molecule has 3 rings (SSSR count). The number of aromatic amines is 1. The lowest BCUT2D eigenvalue weighted by atomic mass is 10.0. The van der Waals surface area contributed by atoms with Crippen LogP contribution >= 0.6 is 0 Å². The number of hydrogen-bond acceptors (Lipinski definition) is 7. The van der Waals surface area contributed by atoms with Gasteiger partial charge in [0.25, 0.3) is 11.8 Å². The molecular weight excluding hydrogens is 457 g/mol. The van der Waals surface area contributed by atoms with Gasteiger partial charge >= 0.3 is 5.97 Å². The van der Waals surface area contributed by atoms with E-state index >= 15 is 0 Å². The van der Waals surface area contributed by atoms with E-state index in [2.05, 4.69) is 25.8 Å². The average molecular weight is 486 g/mol. The largest absolute Gasteiger partial charge is 0.480 e. The number of carbonyl (C=O) groups excluding carboxylic acids is 3. The van der Waals surface area contributed by atoms with E-state index in [4.69, 9.17) is 9.47 Å². The van der Waals surface area contributed by atoms with Crippen LogP contribution in [0.1, 0.15) is 55.0 Å². The number of rotatable bonds is 7. The lowest BCUT2D eigenvalue weighted by Crippen LogP contribution is -2.36. The van der Waals surface area contributed by atoms with E-state index < -0.39 is 35.2 Å². The Morgan fingerprint density at radius 3 is 2.49 bits per heavy atom. The molecule has 0 unspecified atom stereocenters. The molecule has 0 saturated carbocycles. The van der Waals surface area contributed by atoms with Crippen LogP contribution < -0.4 is 15.4 Å². The molecule has 2 heterocycles. The minimum absolute atomic E-state index is 0.0200. The highest BCUT2D eigenvalue weighted by Crippen LogP contribution is 2.30. The third-order valence-electron chi connectivity index (χ3n) is 4.95. The number of esters is 1. The second-order valence-corrected chi connectivity index (χ2v) is 8.98. The van der Waals surface area contributed by atoms with Crippen molar-refractivity contribution in [2.75, 3.05) is 14.2 Å². The van der Waals surface area contributed by atoms with Crippen LogP contribution in [-0.4, -0.2) is 58.8 Å². The van der Waals surface area contributed by atoms with E-state index in [1.54, 1.807) is 33.8 Å². The quantitative estimate of drug-likeness (QED) is 0.438. The zero-order valence-corrected chi connectivity index (χ0v) is 20.4. The van der Waals surface area contributed by atoms with Crippen LogP contribution in [0.2, 0.25) is 0 Å². The van der Waals surface area contributed by atoms with Crippen molar-refractivity contribution in [1.82, 2.24) is 25.8 Å². The third-order valence-corrected chi connectivity index (χ3v) is 4.95. The summed E-state index contributed by atoms with van der Waals surface area (Å²) in [5.41, 5.74) is 0.580. The lowest BCUT2D eigenvalue weighted by molar-refractivity contribution is -0.155. The van der Waals surface area contributed by atoms with Gasteiger partial charge in [0, 0.05) is 24.8 Å². The maximum atomic E-state index is 14.9. The molecule has 11 heteroatoms. The lowest BCUT2D eigenvalue weighted by Gasteiger charge is -2.21. The number of fused-ring (bicyclic) bond motifs is 1. The smallest absolute Gasteiger partial charge is 0.308 e. The number of halogens is 1. The fourth-order valence-electron chi connectivity index (χ4n) is 3.48. The number of nitrogens with zero attached hydrogens (tertiary/aromatic N) is 2. The molecule has 0 aliphatic carbocycles. The molecule has 0 radical (unpaired) electrons. The van der Waals surface area contributed by atoms with E-state index in [9.17, 15) is 18.8 Å². The molecule has 186 valence electrons. The van der Waals surface area contributed by atoms with Gasteiger partial charge in [0.2, 0.25) is 5.88 Å². The van der Waals surface area contributed by atoms with Crippen LogP contribution in [0.15, 0.2) is 24.4 Å². The predicted molar refractivity (Wildman–Crippen MR) is 127 cm³/mol. The summed E-state index contributed by atoms with van der Waals surface area (Å²) < 4.78 is 25.4. The van der Waals surface area contributed by atoms with Crippen LogP contribution in [0.4, 0.5) is 4.39 Å². The summed E-state index contributed by atoms with van der Waals surface area (Å²) in [6, 6.07) is 3.83.